The molecule has 0 saturated heterocycles. The Bertz CT molecular complexity index is 910. The summed E-state index contributed by atoms with van der Waals surface area (Å²) in [5.41, 5.74) is 3.97. The van der Waals surface area contributed by atoms with Crippen LogP contribution in [0.3, 0.4) is 0 Å². The molecule has 1 amide bonds. The zero-order chi connectivity index (χ0) is 21.8. The number of hydrogen-bond acceptors (Lipinski definition) is 5. The Hall–Kier alpha value is -2.67. The molecule has 3 N–H and O–H groups in total. The maximum absolute atomic E-state index is 11.7. The molecule has 2 aliphatic rings. The lowest BCUT2D eigenvalue weighted by molar-refractivity contribution is -0.120. The molecule has 0 spiro atoms. The lowest BCUT2D eigenvalue weighted by atomic mass is 10.1. The van der Waals surface area contributed by atoms with Crippen LogP contribution in [-0.2, 0) is 30.6 Å². The van der Waals surface area contributed by atoms with Crippen molar-refractivity contribution >= 4 is 11.6 Å². The number of unbranched alkanes of at least 4 members (excludes halogenated alkanes) is 2. The fraction of sp³-hybridized carbons (Fsp3) is 0.542. The van der Waals surface area contributed by atoms with E-state index in [2.05, 4.69) is 11.4 Å². The predicted octanol–water partition coefficient (Wildman–Crippen LogP) is 3.14. The molecule has 0 bridgehead atoms. The largest absolute Gasteiger partial charge is 0.494 e. The second-order valence-electron chi connectivity index (χ2n) is 8.57. The van der Waals surface area contributed by atoms with Gasteiger partial charge in [0.2, 0.25) is 0 Å². The van der Waals surface area contributed by atoms with Gasteiger partial charge in [0.25, 0.3) is 5.91 Å². The number of aromatic hydroxyl groups is 2. The van der Waals surface area contributed by atoms with Crippen molar-refractivity contribution in [2.45, 2.75) is 57.9 Å². The average Bonchev–Trinajstić information content (AvgIpc) is 3.34. The summed E-state index contributed by atoms with van der Waals surface area (Å²) in [6.45, 7) is 2.69. The molecule has 0 radical (unpaired) electrons. The number of anilines is 1. The highest BCUT2D eigenvalue weighted by atomic mass is 16.5. The third-order valence-corrected chi connectivity index (χ3v) is 6.43. The van der Waals surface area contributed by atoms with Crippen LogP contribution in [0.15, 0.2) is 18.2 Å². The molecule has 7 heteroatoms. The summed E-state index contributed by atoms with van der Waals surface area (Å²) in [4.78, 5) is 13.3. The van der Waals surface area contributed by atoms with Crippen LogP contribution >= 0.6 is 0 Å². The maximum Gasteiger partial charge on any atom is 0.264 e. The summed E-state index contributed by atoms with van der Waals surface area (Å²) in [7, 11) is 1.78. The van der Waals surface area contributed by atoms with Crippen LogP contribution in [0, 0.1) is 0 Å². The van der Waals surface area contributed by atoms with Crippen molar-refractivity contribution < 1.29 is 19.7 Å². The molecule has 4 rings (SSSR count). The number of carbonyl (C=O) groups excluding carboxylic acids is 1. The van der Waals surface area contributed by atoms with E-state index in [1.54, 1.807) is 16.5 Å². The van der Waals surface area contributed by atoms with E-state index >= 15 is 0 Å². The molecule has 0 fully saturated rings. The van der Waals surface area contributed by atoms with Crippen molar-refractivity contribution in [1.29, 1.82) is 0 Å². The maximum atomic E-state index is 11.7. The summed E-state index contributed by atoms with van der Waals surface area (Å²) in [5, 5.41) is 24.0. The van der Waals surface area contributed by atoms with Crippen LogP contribution in [0.4, 0.5) is 5.69 Å². The van der Waals surface area contributed by atoms with Crippen molar-refractivity contribution in [3.05, 3.63) is 34.9 Å². The number of nitrogens with zero attached hydrogens (tertiary/aromatic N) is 2. The number of ether oxygens (including phenoxy) is 1. The van der Waals surface area contributed by atoms with Crippen LogP contribution in [0.1, 0.15) is 48.8 Å². The molecular formula is C24H33N3O4. The van der Waals surface area contributed by atoms with E-state index in [0.717, 1.165) is 87.0 Å². The highest BCUT2D eigenvalue weighted by Gasteiger charge is 2.25. The Morgan fingerprint density at radius 1 is 1.03 bits per heavy atom. The monoisotopic (exact) mass is 427 g/mol. The quantitative estimate of drug-likeness (QED) is 0.507. The number of carbonyl (C=O) groups is 1. The first-order valence-corrected chi connectivity index (χ1v) is 11.4. The van der Waals surface area contributed by atoms with E-state index in [0.29, 0.717) is 6.54 Å². The fourth-order valence-electron chi connectivity index (χ4n) is 4.58. The van der Waals surface area contributed by atoms with Gasteiger partial charge in [-0.25, -0.2) is 0 Å². The number of likely N-dealkylation sites (N-methyl/N-ethyl adjacent to an activating group) is 1. The normalized spacial score (nSPS) is 15.1. The minimum absolute atomic E-state index is 0.0167. The number of aromatic nitrogens is 1. The number of rotatable bonds is 10. The minimum atomic E-state index is -0.0167. The summed E-state index contributed by atoms with van der Waals surface area (Å²) >= 11 is 0. The van der Waals surface area contributed by atoms with Gasteiger partial charge in [-0.15, -0.1) is 0 Å². The van der Waals surface area contributed by atoms with Gasteiger partial charge in [-0.3, -0.25) is 9.36 Å². The lowest BCUT2D eigenvalue weighted by Crippen LogP contribution is -2.35. The molecule has 2 heterocycles. The smallest absolute Gasteiger partial charge is 0.264 e. The van der Waals surface area contributed by atoms with Crippen LogP contribution in [0.5, 0.6) is 17.5 Å². The third-order valence-electron chi connectivity index (χ3n) is 6.43. The molecule has 1 aliphatic heterocycles. The van der Waals surface area contributed by atoms with Crippen LogP contribution in [-0.4, -0.2) is 47.4 Å². The zero-order valence-corrected chi connectivity index (χ0v) is 18.3. The second-order valence-corrected chi connectivity index (χ2v) is 8.57. The third kappa shape index (κ3) is 4.66. The molecule has 2 aromatic rings. The van der Waals surface area contributed by atoms with E-state index in [9.17, 15) is 15.0 Å². The van der Waals surface area contributed by atoms with Gasteiger partial charge in [0.15, 0.2) is 18.4 Å². The molecule has 168 valence electrons. The van der Waals surface area contributed by atoms with Gasteiger partial charge < -0.3 is 25.2 Å². The van der Waals surface area contributed by atoms with E-state index in [4.69, 9.17) is 4.74 Å². The Morgan fingerprint density at radius 3 is 2.48 bits per heavy atom. The Morgan fingerprint density at radius 2 is 1.74 bits per heavy atom. The molecule has 31 heavy (non-hydrogen) atoms. The zero-order valence-electron chi connectivity index (χ0n) is 18.3. The van der Waals surface area contributed by atoms with Crippen molar-refractivity contribution in [3.8, 4) is 17.5 Å². The van der Waals surface area contributed by atoms with Crippen LogP contribution in [0.2, 0.25) is 0 Å². The van der Waals surface area contributed by atoms with E-state index in [1.807, 2.05) is 12.1 Å². The van der Waals surface area contributed by atoms with Gasteiger partial charge >= 0.3 is 0 Å². The van der Waals surface area contributed by atoms with Gasteiger partial charge in [0.1, 0.15) is 5.75 Å². The van der Waals surface area contributed by atoms with E-state index < -0.39 is 0 Å². The second kappa shape index (κ2) is 9.64. The van der Waals surface area contributed by atoms with Gasteiger partial charge in [-0.1, -0.05) is 6.07 Å². The number of hydrogen-bond donors (Lipinski definition) is 3. The number of benzene rings is 1. The summed E-state index contributed by atoms with van der Waals surface area (Å²) in [6, 6.07) is 6.09. The number of nitrogens with one attached hydrogen (secondary N) is 1. The summed E-state index contributed by atoms with van der Waals surface area (Å²) in [6.07, 6.45) is 7.89. The standard InChI is InChI=1S/C24H33N3O4/c1-26-20-11-10-17(15-21(20)31-16-22(26)28)7-2-3-12-25-13-4-5-14-27-23(29)18-8-6-9-19(18)24(27)30/h10-11,15,25,29-30H,2-9,12-14,16H2,1H3. The molecule has 0 atom stereocenters. The predicted molar refractivity (Wildman–Crippen MR) is 120 cm³/mol. The van der Waals surface area contributed by atoms with Crippen molar-refractivity contribution in [1.82, 2.24) is 9.88 Å². The average molecular weight is 428 g/mol. The first-order chi connectivity index (χ1) is 15.1. The Labute approximate surface area is 183 Å². The first kappa shape index (κ1) is 21.6. The van der Waals surface area contributed by atoms with Gasteiger partial charge in [-0.05, 0) is 82.2 Å². The highest BCUT2D eigenvalue weighted by molar-refractivity contribution is 5.97. The lowest BCUT2D eigenvalue weighted by Gasteiger charge is -2.26. The molecular weight excluding hydrogens is 394 g/mol. The number of fused-ring (bicyclic) bond motifs is 2. The van der Waals surface area contributed by atoms with Gasteiger partial charge in [0.05, 0.1) is 5.69 Å². The number of amides is 1. The first-order valence-electron chi connectivity index (χ1n) is 11.4. The molecule has 1 aliphatic carbocycles. The summed E-state index contributed by atoms with van der Waals surface area (Å²) in [5.74, 6) is 1.31. The van der Waals surface area contributed by atoms with Crippen LogP contribution < -0.4 is 15.0 Å². The summed E-state index contributed by atoms with van der Waals surface area (Å²) < 4.78 is 7.22. The van der Waals surface area contributed by atoms with E-state index in [-0.39, 0.29) is 24.3 Å². The molecule has 0 saturated carbocycles. The van der Waals surface area contributed by atoms with Crippen molar-refractivity contribution in [3.63, 3.8) is 0 Å². The fourth-order valence-corrected chi connectivity index (χ4v) is 4.58. The Kier molecular flexibility index (Phi) is 6.70. The molecule has 7 nitrogen and oxygen atoms in total. The molecule has 1 aromatic heterocycles. The minimum Gasteiger partial charge on any atom is -0.494 e. The van der Waals surface area contributed by atoms with Crippen molar-refractivity contribution in [2.75, 3.05) is 31.6 Å². The molecule has 0 unspecified atom stereocenters. The van der Waals surface area contributed by atoms with Crippen molar-refractivity contribution in [2.24, 2.45) is 0 Å². The van der Waals surface area contributed by atoms with Crippen LogP contribution in [0.25, 0.3) is 0 Å². The molecule has 1 aromatic carbocycles. The van der Waals surface area contributed by atoms with Gasteiger partial charge in [-0.2, -0.15) is 0 Å². The van der Waals surface area contributed by atoms with Gasteiger partial charge in [0, 0.05) is 24.7 Å². The highest BCUT2D eigenvalue weighted by Crippen LogP contribution is 2.39. The topological polar surface area (TPSA) is 87.0 Å². The SMILES string of the molecule is CN1C(=O)COc2cc(CCCCNCCCCn3c(O)c4c(c3O)CCC4)ccc21. The Balaban J connectivity index is 1.09. The van der Waals surface area contributed by atoms with E-state index in [1.165, 1.54) is 5.56 Å². The number of aryl methyl sites for hydroxylation is 1.